The Labute approximate surface area is 148 Å². The Morgan fingerprint density at radius 1 is 1.39 bits per heavy atom. The van der Waals surface area contributed by atoms with Gasteiger partial charge in [0.2, 0.25) is 0 Å². The Morgan fingerprint density at radius 3 is 2.74 bits per heavy atom. The number of amides is 1. The number of carbonyl (C=O) groups excluding carboxylic acids is 1. The summed E-state index contributed by atoms with van der Waals surface area (Å²) in [5.74, 6) is -0.132. The van der Waals surface area contributed by atoms with E-state index in [-0.39, 0.29) is 17.9 Å². The van der Waals surface area contributed by atoms with Gasteiger partial charge in [-0.25, -0.2) is 4.98 Å². The topological polar surface area (TPSA) is 53.4 Å². The summed E-state index contributed by atoms with van der Waals surface area (Å²) in [4.78, 5) is 18.5. The zero-order chi connectivity index (χ0) is 16.6. The molecule has 2 aromatic rings. The fraction of sp³-hybridized carbons (Fsp3) is 0.375. The summed E-state index contributed by atoms with van der Waals surface area (Å²) in [7, 11) is 1.75. The minimum Gasteiger partial charge on any atom is -0.396 e. The predicted molar refractivity (Wildman–Crippen MR) is 93.3 cm³/mol. The second-order valence-corrected chi connectivity index (χ2v) is 7.66. The lowest BCUT2D eigenvalue weighted by Gasteiger charge is -2.21. The smallest absolute Gasteiger partial charge is 0.273 e. The van der Waals surface area contributed by atoms with E-state index in [0.29, 0.717) is 22.3 Å². The molecule has 1 aromatic carbocycles. The van der Waals surface area contributed by atoms with Crippen LogP contribution >= 0.6 is 34.5 Å². The summed E-state index contributed by atoms with van der Waals surface area (Å²) >= 11 is 13.3. The molecule has 1 aliphatic rings. The minimum atomic E-state index is -0.132. The van der Waals surface area contributed by atoms with Gasteiger partial charge in [0.25, 0.3) is 5.91 Å². The van der Waals surface area contributed by atoms with Crippen LogP contribution in [0.1, 0.15) is 23.3 Å². The SMILES string of the molecule is CN(CC1(CO)CC1)C(=O)c1csc(-c2ccc(Cl)c(Cl)c2)n1. The Kier molecular flexibility index (Phi) is 4.65. The molecule has 0 unspecified atom stereocenters. The average Bonchev–Trinajstić information content (AvgIpc) is 3.14. The van der Waals surface area contributed by atoms with Crippen LogP contribution in [0, 0.1) is 5.41 Å². The first-order valence-electron chi connectivity index (χ1n) is 7.21. The number of rotatable bonds is 5. The van der Waals surface area contributed by atoms with Crippen molar-refractivity contribution in [3.8, 4) is 10.6 Å². The Hall–Kier alpha value is -1.14. The van der Waals surface area contributed by atoms with Crippen molar-refractivity contribution in [2.75, 3.05) is 20.2 Å². The Morgan fingerprint density at radius 2 is 2.13 bits per heavy atom. The fourth-order valence-corrected chi connectivity index (χ4v) is 3.54. The van der Waals surface area contributed by atoms with Crippen LogP contribution in [0.15, 0.2) is 23.6 Å². The van der Waals surface area contributed by atoms with E-state index in [1.807, 2.05) is 6.07 Å². The Balaban J connectivity index is 1.75. The third kappa shape index (κ3) is 3.53. The number of nitrogens with zero attached hydrogens (tertiary/aromatic N) is 2. The third-order valence-corrected chi connectivity index (χ3v) is 5.73. The molecule has 7 heteroatoms. The molecule has 0 spiro atoms. The van der Waals surface area contributed by atoms with Crippen molar-refractivity contribution in [2.45, 2.75) is 12.8 Å². The predicted octanol–water partition coefficient (Wildman–Crippen LogP) is 3.96. The number of hydrogen-bond acceptors (Lipinski definition) is 4. The summed E-state index contributed by atoms with van der Waals surface area (Å²) < 4.78 is 0. The van der Waals surface area contributed by atoms with E-state index in [2.05, 4.69) is 4.98 Å². The molecule has 0 radical (unpaired) electrons. The normalized spacial score (nSPS) is 15.5. The summed E-state index contributed by atoms with van der Waals surface area (Å²) in [6.07, 6.45) is 1.93. The number of aromatic nitrogens is 1. The van der Waals surface area contributed by atoms with Crippen molar-refractivity contribution < 1.29 is 9.90 Å². The van der Waals surface area contributed by atoms with Crippen LogP contribution in [-0.4, -0.2) is 41.1 Å². The molecule has 23 heavy (non-hydrogen) atoms. The van der Waals surface area contributed by atoms with E-state index < -0.39 is 0 Å². The first-order chi connectivity index (χ1) is 10.9. The van der Waals surface area contributed by atoms with Gasteiger partial charge in [0.1, 0.15) is 10.7 Å². The standard InChI is InChI=1S/C16H16Cl2N2O2S/c1-20(8-16(9-21)4-5-16)15(22)13-7-23-14(19-13)10-2-3-11(17)12(18)6-10/h2-3,6-7,21H,4-5,8-9H2,1H3. The molecular weight excluding hydrogens is 355 g/mol. The van der Waals surface area contributed by atoms with Crippen molar-refractivity contribution in [1.29, 1.82) is 0 Å². The molecule has 1 saturated carbocycles. The van der Waals surface area contributed by atoms with Gasteiger partial charge in [0.05, 0.1) is 16.7 Å². The monoisotopic (exact) mass is 370 g/mol. The van der Waals surface area contributed by atoms with Crippen LogP contribution in [-0.2, 0) is 0 Å². The van der Waals surface area contributed by atoms with Crippen molar-refractivity contribution in [1.82, 2.24) is 9.88 Å². The average molecular weight is 371 g/mol. The van der Waals surface area contributed by atoms with Gasteiger partial charge in [-0.3, -0.25) is 4.79 Å². The van der Waals surface area contributed by atoms with Gasteiger partial charge in [0, 0.05) is 30.0 Å². The third-order valence-electron chi connectivity index (χ3n) is 4.10. The Bertz CT molecular complexity index is 743. The molecule has 0 saturated heterocycles. The van der Waals surface area contributed by atoms with Crippen molar-refractivity contribution in [3.05, 3.63) is 39.3 Å². The van der Waals surface area contributed by atoms with E-state index in [1.165, 1.54) is 11.3 Å². The number of aliphatic hydroxyl groups excluding tert-OH is 1. The lowest BCUT2D eigenvalue weighted by Crippen LogP contribution is -2.34. The van der Waals surface area contributed by atoms with Gasteiger partial charge < -0.3 is 10.0 Å². The van der Waals surface area contributed by atoms with E-state index >= 15 is 0 Å². The number of halogens is 2. The molecule has 1 aliphatic carbocycles. The highest BCUT2D eigenvalue weighted by atomic mass is 35.5. The van der Waals surface area contributed by atoms with E-state index in [9.17, 15) is 9.90 Å². The van der Waals surface area contributed by atoms with Crippen LogP contribution in [0.2, 0.25) is 10.0 Å². The molecule has 3 rings (SSSR count). The van der Waals surface area contributed by atoms with Gasteiger partial charge in [-0.2, -0.15) is 0 Å². The highest BCUT2D eigenvalue weighted by Crippen LogP contribution is 2.45. The maximum absolute atomic E-state index is 12.5. The zero-order valence-corrected chi connectivity index (χ0v) is 14.9. The highest BCUT2D eigenvalue weighted by Gasteiger charge is 2.43. The van der Waals surface area contributed by atoms with Gasteiger partial charge in [-0.1, -0.05) is 29.3 Å². The highest BCUT2D eigenvalue weighted by molar-refractivity contribution is 7.13. The van der Waals surface area contributed by atoms with Gasteiger partial charge in [-0.15, -0.1) is 11.3 Å². The molecule has 1 amide bonds. The molecule has 1 heterocycles. The molecular formula is C16H16Cl2N2O2S. The number of hydrogen-bond donors (Lipinski definition) is 1. The van der Waals surface area contributed by atoms with E-state index in [4.69, 9.17) is 23.2 Å². The molecule has 0 bridgehead atoms. The minimum absolute atomic E-state index is 0.104. The zero-order valence-electron chi connectivity index (χ0n) is 12.6. The maximum Gasteiger partial charge on any atom is 0.273 e. The second kappa shape index (κ2) is 6.40. The van der Waals surface area contributed by atoms with Crippen LogP contribution in [0.4, 0.5) is 0 Å². The first kappa shape index (κ1) is 16.7. The molecule has 1 fully saturated rings. The molecule has 122 valence electrons. The molecule has 0 atom stereocenters. The van der Waals surface area contributed by atoms with Crippen LogP contribution < -0.4 is 0 Å². The lowest BCUT2D eigenvalue weighted by atomic mass is 10.1. The molecule has 0 aliphatic heterocycles. The van der Waals surface area contributed by atoms with Gasteiger partial charge in [0.15, 0.2) is 0 Å². The molecule has 4 nitrogen and oxygen atoms in total. The van der Waals surface area contributed by atoms with E-state index in [1.54, 1.807) is 29.5 Å². The fourth-order valence-electron chi connectivity index (χ4n) is 2.45. The molecule has 1 aromatic heterocycles. The number of thiazole rings is 1. The van der Waals surface area contributed by atoms with Crippen LogP contribution in [0.3, 0.4) is 0 Å². The van der Waals surface area contributed by atoms with E-state index in [0.717, 1.165) is 23.4 Å². The van der Waals surface area contributed by atoms with Gasteiger partial charge >= 0.3 is 0 Å². The summed E-state index contributed by atoms with van der Waals surface area (Å²) in [6.45, 7) is 0.679. The first-order valence-corrected chi connectivity index (χ1v) is 8.85. The lowest BCUT2D eigenvalue weighted by molar-refractivity contribution is 0.0728. The van der Waals surface area contributed by atoms with Crippen molar-refractivity contribution in [2.24, 2.45) is 5.41 Å². The largest absolute Gasteiger partial charge is 0.396 e. The van der Waals surface area contributed by atoms with Crippen LogP contribution in [0.5, 0.6) is 0 Å². The summed E-state index contributed by atoms with van der Waals surface area (Å²) in [6, 6.07) is 5.29. The number of aliphatic hydroxyl groups is 1. The summed E-state index contributed by atoms with van der Waals surface area (Å²) in [5.41, 5.74) is 1.14. The number of benzene rings is 1. The van der Waals surface area contributed by atoms with Crippen molar-refractivity contribution >= 4 is 40.4 Å². The molecule has 1 N–H and O–H groups in total. The quantitative estimate of drug-likeness (QED) is 0.866. The second-order valence-electron chi connectivity index (χ2n) is 5.99. The van der Waals surface area contributed by atoms with Crippen LogP contribution in [0.25, 0.3) is 10.6 Å². The number of carbonyl (C=O) groups is 1. The van der Waals surface area contributed by atoms with Crippen molar-refractivity contribution in [3.63, 3.8) is 0 Å². The van der Waals surface area contributed by atoms with Gasteiger partial charge in [-0.05, 0) is 25.0 Å². The maximum atomic E-state index is 12.5. The summed E-state index contributed by atoms with van der Waals surface area (Å²) in [5, 5.41) is 12.8.